The second-order valence-corrected chi connectivity index (χ2v) is 7.10. The topological polar surface area (TPSA) is 12.0 Å². The molecular formula is C15H21Cl2N. The SMILES string of the molecule is CC1CC(C)(C)CCC1Nc1cc(Cl)ccc1Cl. The first kappa shape index (κ1) is 14.0. The monoisotopic (exact) mass is 285 g/mol. The molecule has 1 N–H and O–H groups in total. The van der Waals surface area contributed by atoms with Crippen LogP contribution in [0.25, 0.3) is 0 Å². The Morgan fingerprint density at radius 3 is 2.67 bits per heavy atom. The third-order valence-corrected chi connectivity index (χ3v) is 4.53. The molecule has 1 aromatic carbocycles. The van der Waals surface area contributed by atoms with Crippen molar-refractivity contribution in [2.45, 2.75) is 46.1 Å². The van der Waals surface area contributed by atoms with Crippen molar-refractivity contribution in [1.29, 1.82) is 0 Å². The van der Waals surface area contributed by atoms with E-state index in [2.05, 4.69) is 26.1 Å². The molecule has 0 amide bonds. The summed E-state index contributed by atoms with van der Waals surface area (Å²) in [6, 6.07) is 6.08. The Morgan fingerprint density at radius 1 is 1.28 bits per heavy atom. The number of hydrogen-bond acceptors (Lipinski definition) is 1. The highest BCUT2D eigenvalue weighted by Gasteiger charge is 2.32. The molecule has 2 rings (SSSR count). The summed E-state index contributed by atoms with van der Waals surface area (Å²) in [6.07, 6.45) is 3.70. The molecule has 2 atom stereocenters. The summed E-state index contributed by atoms with van der Waals surface area (Å²) in [6.45, 7) is 7.02. The molecule has 0 saturated heterocycles. The molecule has 1 aromatic rings. The van der Waals surface area contributed by atoms with Crippen LogP contribution in [0.3, 0.4) is 0 Å². The molecule has 18 heavy (non-hydrogen) atoms. The third kappa shape index (κ3) is 3.33. The van der Waals surface area contributed by atoms with Gasteiger partial charge in [-0.05, 0) is 48.8 Å². The summed E-state index contributed by atoms with van der Waals surface area (Å²) in [5.74, 6) is 0.656. The van der Waals surface area contributed by atoms with Crippen molar-refractivity contribution in [3.8, 4) is 0 Å². The lowest BCUT2D eigenvalue weighted by atomic mass is 9.70. The zero-order valence-corrected chi connectivity index (χ0v) is 12.8. The van der Waals surface area contributed by atoms with Crippen molar-refractivity contribution >= 4 is 28.9 Å². The highest BCUT2D eigenvalue weighted by Crippen LogP contribution is 2.40. The van der Waals surface area contributed by atoms with E-state index in [9.17, 15) is 0 Å². The van der Waals surface area contributed by atoms with Crippen LogP contribution in [0, 0.1) is 11.3 Å². The van der Waals surface area contributed by atoms with Gasteiger partial charge in [0.05, 0.1) is 10.7 Å². The molecule has 0 aliphatic heterocycles. The first-order valence-corrected chi connectivity index (χ1v) is 7.34. The van der Waals surface area contributed by atoms with Crippen molar-refractivity contribution in [3.05, 3.63) is 28.2 Å². The maximum atomic E-state index is 6.20. The van der Waals surface area contributed by atoms with Crippen molar-refractivity contribution < 1.29 is 0 Å². The molecule has 1 fully saturated rings. The van der Waals surface area contributed by atoms with Crippen LogP contribution < -0.4 is 5.32 Å². The van der Waals surface area contributed by atoms with Crippen LogP contribution in [0.1, 0.15) is 40.0 Å². The fourth-order valence-electron chi connectivity index (χ4n) is 2.97. The number of rotatable bonds is 2. The van der Waals surface area contributed by atoms with Gasteiger partial charge >= 0.3 is 0 Å². The van der Waals surface area contributed by atoms with Gasteiger partial charge in [-0.3, -0.25) is 0 Å². The van der Waals surface area contributed by atoms with Gasteiger partial charge in [0.25, 0.3) is 0 Å². The molecule has 3 heteroatoms. The van der Waals surface area contributed by atoms with Gasteiger partial charge < -0.3 is 5.32 Å². The van der Waals surface area contributed by atoms with E-state index in [-0.39, 0.29) is 0 Å². The van der Waals surface area contributed by atoms with Gasteiger partial charge in [0.2, 0.25) is 0 Å². The number of benzene rings is 1. The molecule has 0 bridgehead atoms. The van der Waals surface area contributed by atoms with Crippen LogP contribution >= 0.6 is 23.2 Å². The van der Waals surface area contributed by atoms with Gasteiger partial charge in [0.1, 0.15) is 0 Å². The number of anilines is 1. The van der Waals surface area contributed by atoms with Crippen molar-refractivity contribution in [2.75, 3.05) is 5.32 Å². The van der Waals surface area contributed by atoms with Crippen molar-refractivity contribution in [1.82, 2.24) is 0 Å². The Balaban J connectivity index is 2.08. The predicted molar refractivity (Wildman–Crippen MR) is 80.7 cm³/mol. The maximum Gasteiger partial charge on any atom is 0.0638 e. The zero-order valence-electron chi connectivity index (χ0n) is 11.3. The molecule has 1 aliphatic rings. The Hall–Kier alpha value is -0.400. The van der Waals surface area contributed by atoms with Gasteiger partial charge in [-0.25, -0.2) is 0 Å². The summed E-state index contributed by atoms with van der Waals surface area (Å²) in [5.41, 5.74) is 1.43. The fourth-order valence-corrected chi connectivity index (χ4v) is 3.31. The van der Waals surface area contributed by atoms with Crippen LogP contribution in [0.5, 0.6) is 0 Å². The normalized spacial score (nSPS) is 26.9. The second kappa shape index (κ2) is 5.30. The Bertz CT molecular complexity index is 429. The van der Waals surface area contributed by atoms with Crippen LogP contribution in [0.15, 0.2) is 18.2 Å². The largest absolute Gasteiger partial charge is 0.381 e. The van der Waals surface area contributed by atoms with E-state index in [0.717, 1.165) is 15.7 Å². The molecule has 0 spiro atoms. The molecule has 1 nitrogen and oxygen atoms in total. The van der Waals surface area contributed by atoms with Crippen LogP contribution in [0.4, 0.5) is 5.69 Å². The fraction of sp³-hybridized carbons (Fsp3) is 0.600. The Morgan fingerprint density at radius 2 is 2.00 bits per heavy atom. The van der Waals surface area contributed by atoms with Gasteiger partial charge in [0.15, 0.2) is 0 Å². The lowest BCUT2D eigenvalue weighted by Crippen LogP contribution is -2.36. The summed E-state index contributed by atoms with van der Waals surface area (Å²) in [4.78, 5) is 0. The maximum absolute atomic E-state index is 6.20. The van der Waals surface area contributed by atoms with E-state index in [1.54, 1.807) is 0 Å². The number of halogens is 2. The first-order valence-electron chi connectivity index (χ1n) is 6.59. The van der Waals surface area contributed by atoms with Gasteiger partial charge in [-0.1, -0.05) is 44.0 Å². The van der Waals surface area contributed by atoms with Gasteiger partial charge in [-0.2, -0.15) is 0 Å². The average molecular weight is 286 g/mol. The summed E-state index contributed by atoms with van der Waals surface area (Å²) < 4.78 is 0. The minimum atomic E-state index is 0.468. The van der Waals surface area contributed by atoms with Gasteiger partial charge in [0, 0.05) is 11.1 Å². The highest BCUT2D eigenvalue weighted by molar-refractivity contribution is 6.35. The van der Waals surface area contributed by atoms with Crippen molar-refractivity contribution in [2.24, 2.45) is 11.3 Å². The van der Waals surface area contributed by atoms with E-state index in [1.165, 1.54) is 19.3 Å². The highest BCUT2D eigenvalue weighted by atomic mass is 35.5. The van der Waals surface area contributed by atoms with Crippen molar-refractivity contribution in [3.63, 3.8) is 0 Å². The molecule has 0 heterocycles. The Kier molecular flexibility index (Phi) is 4.13. The smallest absolute Gasteiger partial charge is 0.0638 e. The molecule has 1 saturated carbocycles. The van der Waals surface area contributed by atoms with E-state index < -0.39 is 0 Å². The van der Waals surface area contributed by atoms with E-state index >= 15 is 0 Å². The standard InChI is InChI=1S/C15H21Cl2N/c1-10-9-15(2,3)7-6-13(10)18-14-8-11(16)4-5-12(14)17/h4-5,8,10,13,18H,6-7,9H2,1-3H3. The van der Waals surface area contributed by atoms with Gasteiger partial charge in [-0.15, -0.1) is 0 Å². The van der Waals surface area contributed by atoms with Crippen LogP contribution in [0.2, 0.25) is 10.0 Å². The zero-order chi connectivity index (χ0) is 13.3. The number of nitrogens with one attached hydrogen (secondary N) is 1. The first-order chi connectivity index (χ1) is 8.37. The molecule has 0 aromatic heterocycles. The molecule has 2 unspecified atom stereocenters. The van der Waals surface area contributed by atoms with Crippen LogP contribution in [-0.2, 0) is 0 Å². The minimum absolute atomic E-state index is 0.468. The molecule has 0 radical (unpaired) electrons. The summed E-state index contributed by atoms with van der Waals surface area (Å²) >= 11 is 12.2. The summed E-state index contributed by atoms with van der Waals surface area (Å²) in [5, 5.41) is 5.04. The minimum Gasteiger partial charge on any atom is -0.381 e. The predicted octanol–water partition coefficient (Wildman–Crippen LogP) is 5.62. The average Bonchev–Trinajstić information content (AvgIpc) is 2.26. The molecule has 100 valence electrons. The van der Waals surface area contributed by atoms with E-state index in [0.29, 0.717) is 17.4 Å². The van der Waals surface area contributed by atoms with E-state index in [4.69, 9.17) is 23.2 Å². The lowest BCUT2D eigenvalue weighted by Gasteiger charge is -2.40. The van der Waals surface area contributed by atoms with E-state index in [1.807, 2.05) is 18.2 Å². The van der Waals surface area contributed by atoms with Crippen LogP contribution in [-0.4, -0.2) is 6.04 Å². The molecular weight excluding hydrogens is 265 g/mol. The second-order valence-electron chi connectivity index (χ2n) is 6.26. The third-order valence-electron chi connectivity index (χ3n) is 3.96. The quantitative estimate of drug-likeness (QED) is 0.744. The number of hydrogen-bond donors (Lipinski definition) is 1. The molecule has 1 aliphatic carbocycles. The lowest BCUT2D eigenvalue weighted by molar-refractivity contribution is 0.177. The Labute approximate surface area is 120 Å². The summed E-state index contributed by atoms with van der Waals surface area (Å²) in [7, 11) is 0.